The molecule has 5 rings (SSSR count). The molecule has 2 saturated heterocycles. The third kappa shape index (κ3) is 1.75. The molecule has 1 aliphatic carbocycles. The van der Waals surface area contributed by atoms with Crippen LogP contribution in [-0.4, -0.2) is 33.6 Å². The van der Waals surface area contributed by atoms with E-state index in [0.29, 0.717) is 12.0 Å². The van der Waals surface area contributed by atoms with Gasteiger partial charge in [0.05, 0.1) is 17.1 Å². The SMILES string of the molecule is Nc1ccc2c(c1)nc(C1CC1)n2C1CCN2CCCC12. The Bertz CT molecular complexity index is 700. The molecular formula is C17H22N4. The smallest absolute Gasteiger partial charge is 0.113 e. The average Bonchev–Trinajstić information content (AvgIpc) is 2.93. The molecule has 21 heavy (non-hydrogen) atoms. The number of hydrogen-bond acceptors (Lipinski definition) is 3. The molecule has 1 aromatic heterocycles. The van der Waals surface area contributed by atoms with E-state index in [9.17, 15) is 0 Å². The van der Waals surface area contributed by atoms with Gasteiger partial charge in [0.1, 0.15) is 5.82 Å². The first kappa shape index (κ1) is 12.0. The summed E-state index contributed by atoms with van der Waals surface area (Å²) >= 11 is 0. The standard InChI is InChI=1S/C17H22N4/c18-12-5-6-14-13(10-12)19-17(11-3-4-11)21(14)16-7-9-20-8-1-2-15(16)20/h5-6,10-11,15-16H,1-4,7-9,18H2. The number of imidazole rings is 1. The van der Waals surface area contributed by atoms with Gasteiger partial charge in [0.15, 0.2) is 0 Å². The predicted octanol–water partition coefficient (Wildman–Crippen LogP) is 2.91. The summed E-state index contributed by atoms with van der Waals surface area (Å²) in [5, 5.41) is 0. The molecule has 2 aromatic rings. The molecule has 0 amide bonds. The van der Waals surface area contributed by atoms with Gasteiger partial charge >= 0.3 is 0 Å². The molecule has 2 aliphatic heterocycles. The maximum atomic E-state index is 5.96. The van der Waals surface area contributed by atoms with Crippen molar-refractivity contribution in [3.63, 3.8) is 0 Å². The van der Waals surface area contributed by atoms with E-state index in [-0.39, 0.29) is 0 Å². The van der Waals surface area contributed by atoms with Crippen molar-refractivity contribution in [3.05, 3.63) is 24.0 Å². The number of nitrogens with zero attached hydrogens (tertiary/aromatic N) is 3. The van der Waals surface area contributed by atoms with Crippen LogP contribution in [-0.2, 0) is 0 Å². The summed E-state index contributed by atoms with van der Waals surface area (Å²) in [6.45, 7) is 2.55. The molecule has 3 fully saturated rings. The minimum absolute atomic E-state index is 0.622. The van der Waals surface area contributed by atoms with Gasteiger partial charge in [0, 0.05) is 24.2 Å². The third-order valence-corrected chi connectivity index (χ3v) is 5.59. The molecule has 2 unspecified atom stereocenters. The first-order valence-electron chi connectivity index (χ1n) is 8.32. The van der Waals surface area contributed by atoms with Crippen LogP contribution in [0.5, 0.6) is 0 Å². The number of aromatic nitrogens is 2. The molecule has 0 spiro atoms. The summed E-state index contributed by atoms with van der Waals surface area (Å²) in [6, 6.07) is 7.60. The molecule has 4 heteroatoms. The van der Waals surface area contributed by atoms with Crippen LogP contribution in [0.4, 0.5) is 5.69 Å². The predicted molar refractivity (Wildman–Crippen MR) is 84.4 cm³/mol. The second-order valence-corrected chi connectivity index (χ2v) is 6.96. The average molecular weight is 282 g/mol. The van der Waals surface area contributed by atoms with E-state index in [1.165, 1.54) is 56.5 Å². The van der Waals surface area contributed by atoms with Crippen molar-refractivity contribution < 1.29 is 0 Å². The summed E-state index contributed by atoms with van der Waals surface area (Å²) in [5.41, 5.74) is 9.17. The van der Waals surface area contributed by atoms with Crippen molar-refractivity contribution in [2.75, 3.05) is 18.8 Å². The number of hydrogen-bond donors (Lipinski definition) is 1. The van der Waals surface area contributed by atoms with Gasteiger partial charge in [0.2, 0.25) is 0 Å². The second kappa shape index (κ2) is 4.23. The molecular weight excluding hydrogens is 260 g/mol. The minimum Gasteiger partial charge on any atom is -0.399 e. The zero-order valence-corrected chi connectivity index (χ0v) is 12.3. The van der Waals surface area contributed by atoms with Crippen LogP contribution in [0.15, 0.2) is 18.2 Å². The minimum atomic E-state index is 0.622. The van der Waals surface area contributed by atoms with Crippen LogP contribution in [0.3, 0.4) is 0 Å². The Hall–Kier alpha value is -1.55. The van der Waals surface area contributed by atoms with Gasteiger partial charge in [-0.1, -0.05) is 0 Å². The number of nitrogens with two attached hydrogens (primary N) is 1. The van der Waals surface area contributed by atoms with E-state index in [4.69, 9.17) is 10.7 Å². The van der Waals surface area contributed by atoms with Crippen LogP contribution in [0, 0.1) is 0 Å². The highest BCUT2D eigenvalue weighted by Gasteiger charge is 2.41. The number of rotatable bonds is 2. The topological polar surface area (TPSA) is 47.1 Å². The van der Waals surface area contributed by atoms with E-state index >= 15 is 0 Å². The van der Waals surface area contributed by atoms with Crippen LogP contribution >= 0.6 is 0 Å². The highest BCUT2D eigenvalue weighted by molar-refractivity contribution is 5.80. The van der Waals surface area contributed by atoms with Crippen LogP contribution in [0.1, 0.15) is 49.9 Å². The molecule has 0 radical (unpaired) electrons. The Morgan fingerprint density at radius 3 is 2.81 bits per heavy atom. The molecule has 2 atom stereocenters. The van der Waals surface area contributed by atoms with Crippen molar-refractivity contribution in [2.45, 2.75) is 50.1 Å². The zero-order valence-electron chi connectivity index (χ0n) is 12.3. The first-order chi connectivity index (χ1) is 10.3. The highest BCUT2D eigenvalue weighted by Crippen LogP contribution is 2.45. The van der Waals surface area contributed by atoms with Gasteiger partial charge in [-0.3, -0.25) is 4.90 Å². The Morgan fingerprint density at radius 1 is 1.05 bits per heavy atom. The fourth-order valence-corrected chi connectivity index (χ4v) is 4.47. The highest BCUT2D eigenvalue weighted by atomic mass is 15.3. The summed E-state index contributed by atoms with van der Waals surface area (Å²) < 4.78 is 2.59. The van der Waals surface area contributed by atoms with Crippen LogP contribution < -0.4 is 5.73 Å². The zero-order chi connectivity index (χ0) is 14.0. The van der Waals surface area contributed by atoms with Gasteiger partial charge < -0.3 is 10.3 Å². The summed E-state index contributed by atoms with van der Waals surface area (Å²) in [7, 11) is 0. The quantitative estimate of drug-likeness (QED) is 0.862. The van der Waals surface area contributed by atoms with E-state index < -0.39 is 0 Å². The van der Waals surface area contributed by atoms with Gasteiger partial charge in [-0.15, -0.1) is 0 Å². The Kier molecular flexibility index (Phi) is 2.42. The number of fused-ring (bicyclic) bond motifs is 2. The lowest BCUT2D eigenvalue weighted by atomic mass is 10.1. The summed E-state index contributed by atoms with van der Waals surface area (Å²) in [5.74, 6) is 2.02. The Labute approximate surface area is 124 Å². The normalized spacial score (nSPS) is 29.3. The second-order valence-electron chi connectivity index (χ2n) is 6.96. The number of anilines is 1. The largest absolute Gasteiger partial charge is 0.399 e. The fraction of sp³-hybridized carbons (Fsp3) is 0.588. The Morgan fingerprint density at radius 2 is 1.95 bits per heavy atom. The summed E-state index contributed by atoms with van der Waals surface area (Å²) in [6.07, 6.45) is 6.60. The van der Waals surface area contributed by atoms with Crippen molar-refractivity contribution in [3.8, 4) is 0 Å². The monoisotopic (exact) mass is 282 g/mol. The van der Waals surface area contributed by atoms with Gasteiger partial charge in [-0.25, -0.2) is 4.98 Å². The van der Waals surface area contributed by atoms with E-state index in [2.05, 4.69) is 15.5 Å². The molecule has 0 bridgehead atoms. The van der Waals surface area contributed by atoms with Gasteiger partial charge in [0.25, 0.3) is 0 Å². The van der Waals surface area contributed by atoms with Crippen molar-refractivity contribution in [2.24, 2.45) is 0 Å². The maximum Gasteiger partial charge on any atom is 0.113 e. The number of nitrogen functional groups attached to an aromatic ring is 1. The van der Waals surface area contributed by atoms with Crippen molar-refractivity contribution >= 4 is 16.7 Å². The van der Waals surface area contributed by atoms with Crippen molar-refractivity contribution in [1.29, 1.82) is 0 Å². The lowest BCUT2D eigenvalue weighted by molar-refractivity contribution is 0.290. The Balaban J connectivity index is 1.68. The first-order valence-corrected chi connectivity index (χ1v) is 8.32. The molecule has 3 heterocycles. The van der Waals surface area contributed by atoms with Crippen LogP contribution in [0.2, 0.25) is 0 Å². The molecule has 4 nitrogen and oxygen atoms in total. The molecule has 1 aromatic carbocycles. The molecule has 110 valence electrons. The lowest BCUT2D eigenvalue weighted by Crippen LogP contribution is -2.28. The number of benzene rings is 1. The lowest BCUT2D eigenvalue weighted by Gasteiger charge is -2.24. The van der Waals surface area contributed by atoms with Crippen molar-refractivity contribution in [1.82, 2.24) is 14.5 Å². The third-order valence-electron chi connectivity index (χ3n) is 5.59. The van der Waals surface area contributed by atoms with E-state index in [1.807, 2.05) is 12.1 Å². The van der Waals surface area contributed by atoms with E-state index in [1.54, 1.807) is 0 Å². The molecule has 1 saturated carbocycles. The molecule has 3 aliphatic rings. The van der Waals surface area contributed by atoms with Gasteiger partial charge in [-0.2, -0.15) is 0 Å². The van der Waals surface area contributed by atoms with Crippen LogP contribution in [0.25, 0.3) is 11.0 Å². The fourth-order valence-electron chi connectivity index (χ4n) is 4.47. The summed E-state index contributed by atoms with van der Waals surface area (Å²) in [4.78, 5) is 7.64. The van der Waals surface area contributed by atoms with E-state index in [0.717, 1.165) is 17.2 Å². The maximum absolute atomic E-state index is 5.96. The van der Waals surface area contributed by atoms with Gasteiger partial charge in [-0.05, 0) is 56.8 Å². The molecule has 2 N–H and O–H groups in total.